The minimum absolute atomic E-state index is 0.0816. The molecule has 1 unspecified atom stereocenters. The monoisotopic (exact) mass is 152 g/mol. The van der Waals surface area contributed by atoms with Crippen LogP contribution in [0.3, 0.4) is 0 Å². The third kappa shape index (κ3) is 2.53. The quantitative estimate of drug-likeness (QED) is 0.360. The normalized spacial score (nSPS) is 21.5. The van der Waals surface area contributed by atoms with Crippen molar-refractivity contribution in [2.24, 2.45) is 11.8 Å². The van der Waals surface area contributed by atoms with E-state index in [0.29, 0.717) is 0 Å². The predicted octanol–water partition coefficient (Wildman–Crippen LogP) is 1.03. The van der Waals surface area contributed by atoms with E-state index in [0.717, 1.165) is 12.3 Å². The topological polar surface area (TPSA) is 38.0 Å². The molecule has 0 aromatic carbocycles. The van der Waals surface area contributed by atoms with Crippen molar-refractivity contribution < 1.29 is 0 Å². The highest BCUT2D eigenvalue weighted by Gasteiger charge is 2.17. The highest BCUT2D eigenvalue weighted by atomic mass is 15.2. The summed E-state index contributed by atoms with van der Waals surface area (Å²) < 4.78 is 0. The van der Waals surface area contributed by atoms with Gasteiger partial charge in [-0.3, -0.25) is 5.84 Å². The second kappa shape index (κ2) is 4.38. The van der Waals surface area contributed by atoms with Gasteiger partial charge in [0.05, 0.1) is 6.04 Å². The first kappa shape index (κ1) is 8.58. The molecule has 3 N–H and O–H groups in total. The molecule has 1 aliphatic carbocycles. The Labute approximate surface area is 68.5 Å². The molecule has 62 valence electrons. The Hall–Kier alpha value is -0.520. The van der Waals surface area contributed by atoms with E-state index in [2.05, 4.69) is 11.3 Å². The molecule has 0 aliphatic heterocycles. The first-order valence-electron chi connectivity index (χ1n) is 4.29. The van der Waals surface area contributed by atoms with Crippen LogP contribution >= 0.6 is 0 Å². The molecule has 1 atom stereocenters. The Morgan fingerprint density at radius 2 is 2.18 bits per heavy atom. The smallest absolute Gasteiger partial charge is 0.0817 e. The highest BCUT2D eigenvalue weighted by molar-refractivity contribution is 4.98. The van der Waals surface area contributed by atoms with Crippen LogP contribution in [0, 0.1) is 18.3 Å². The zero-order chi connectivity index (χ0) is 8.10. The van der Waals surface area contributed by atoms with Crippen LogP contribution in [0.25, 0.3) is 0 Å². The van der Waals surface area contributed by atoms with E-state index in [4.69, 9.17) is 12.3 Å². The number of hydrogen-bond donors (Lipinski definition) is 2. The second-order valence-electron chi connectivity index (χ2n) is 3.27. The summed E-state index contributed by atoms with van der Waals surface area (Å²) in [5.74, 6) is 8.72. The van der Waals surface area contributed by atoms with Crippen molar-refractivity contribution in [1.29, 1.82) is 0 Å². The van der Waals surface area contributed by atoms with Crippen molar-refractivity contribution in [1.82, 2.24) is 5.43 Å². The van der Waals surface area contributed by atoms with Crippen LogP contribution in [0.4, 0.5) is 0 Å². The van der Waals surface area contributed by atoms with Gasteiger partial charge in [-0.05, 0) is 12.3 Å². The van der Waals surface area contributed by atoms with Gasteiger partial charge in [-0.2, -0.15) is 0 Å². The summed E-state index contributed by atoms with van der Waals surface area (Å²) in [6.07, 6.45) is 11.7. The summed E-state index contributed by atoms with van der Waals surface area (Å²) in [5.41, 5.74) is 2.64. The van der Waals surface area contributed by atoms with Gasteiger partial charge in [0.2, 0.25) is 0 Å². The average molecular weight is 152 g/mol. The average Bonchev–Trinajstić information content (AvgIpc) is 2.52. The minimum atomic E-state index is 0.0816. The third-order valence-electron chi connectivity index (χ3n) is 2.45. The lowest BCUT2D eigenvalue weighted by Crippen LogP contribution is -2.35. The summed E-state index contributed by atoms with van der Waals surface area (Å²) in [7, 11) is 0. The van der Waals surface area contributed by atoms with Gasteiger partial charge in [0.15, 0.2) is 0 Å². The zero-order valence-electron chi connectivity index (χ0n) is 6.84. The Balaban J connectivity index is 2.23. The number of rotatable bonds is 3. The lowest BCUT2D eigenvalue weighted by atomic mass is 9.99. The summed E-state index contributed by atoms with van der Waals surface area (Å²) in [5, 5.41) is 0. The van der Waals surface area contributed by atoms with Gasteiger partial charge in [-0.15, -0.1) is 6.42 Å². The molecule has 11 heavy (non-hydrogen) atoms. The van der Waals surface area contributed by atoms with Gasteiger partial charge < -0.3 is 0 Å². The summed E-state index contributed by atoms with van der Waals surface area (Å²) in [6, 6.07) is 0.0816. The number of nitrogens with one attached hydrogen (secondary N) is 1. The molecule has 0 spiro atoms. The summed E-state index contributed by atoms with van der Waals surface area (Å²) >= 11 is 0. The number of nitrogens with two attached hydrogens (primary N) is 1. The number of hydrazine groups is 1. The van der Waals surface area contributed by atoms with Crippen molar-refractivity contribution in [3.63, 3.8) is 0 Å². The van der Waals surface area contributed by atoms with Crippen LogP contribution in [0.5, 0.6) is 0 Å². The molecule has 0 amide bonds. The minimum Gasteiger partial charge on any atom is -0.270 e. The van der Waals surface area contributed by atoms with E-state index in [1.807, 2.05) is 0 Å². The molecule has 0 aromatic rings. The fourth-order valence-electron chi connectivity index (χ4n) is 1.76. The van der Waals surface area contributed by atoms with Gasteiger partial charge in [0.25, 0.3) is 0 Å². The first-order chi connectivity index (χ1) is 5.36. The second-order valence-corrected chi connectivity index (χ2v) is 3.27. The molecular weight excluding hydrogens is 136 g/mol. The van der Waals surface area contributed by atoms with E-state index >= 15 is 0 Å². The van der Waals surface area contributed by atoms with E-state index in [1.54, 1.807) is 0 Å². The van der Waals surface area contributed by atoms with Crippen LogP contribution in [-0.2, 0) is 0 Å². The van der Waals surface area contributed by atoms with Crippen molar-refractivity contribution in [3.05, 3.63) is 0 Å². The van der Waals surface area contributed by atoms with Crippen LogP contribution in [-0.4, -0.2) is 6.04 Å². The molecule has 2 nitrogen and oxygen atoms in total. The maximum atomic E-state index is 5.27. The Morgan fingerprint density at radius 1 is 1.55 bits per heavy atom. The molecule has 1 aliphatic rings. The van der Waals surface area contributed by atoms with Gasteiger partial charge >= 0.3 is 0 Å². The maximum absolute atomic E-state index is 5.27. The fourth-order valence-corrected chi connectivity index (χ4v) is 1.76. The summed E-state index contributed by atoms with van der Waals surface area (Å²) in [6.45, 7) is 0. The molecule has 2 heteroatoms. The Morgan fingerprint density at radius 3 is 2.64 bits per heavy atom. The van der Waals surface area contributed by atoms with Crippen molar-refractivity contribution in [2.75, 3.05) is 0 Å². The predicted molar refractivity (Wildman–Crippen MR) is 46.5 cm³/mol. The van der Waals surface area contributed by atoms with Crippen molar-refractivity contribution in [3.8, 4) is 12.3 Å². The largest absolute Gasteiger partial charge is 0.270 e. The van der Waals surface area contributed by atoms with Crippen molar-refractivity contribution in [2.45, 2.75) is 38.1 Å². The van der Waals surface area contributed by atoms with Gasteiger partial charge in [-0.1, -0.05) is 31.6 Å². The third-order valence-corrected chi connectivity index (χ3v) is 2.45. The van der Waals surface area contributed by atoms with E-state index in [-0.39, 0.29) is 6.04 Å². The van der Waals surface area contributed by atoms with Crippen LogP contribution in [0.1, 0.15) is 32.1 Å². The Kier molecular flexibility index (Phi) is 3.41. The molecule has 0 aromatic heterocycles. The number of terminal acetylenes is 1. The van der Waals surface area contributed by atoms with Crippen molar-refractivity contribution >= 4 is 0 Å². The van der Waals surface area contributed by atoms with E-state index in [1.165, 1.54) is 25.7 Å². The maximum Gasteiger partial charge on any atom is 0.0817 e. The van der Waals surface area contributed by atoms with E-state index in [9.17, 15) is 0 Å². The molecule has 0 radical (unpaired) electrons. The summed E-state index contributed by atoms with van der Waals surface area (Å²) in [4.78, 5) is 0. The van der Waals surface area contributed by atoms with Gasteiger partial charge in [0.1, 0.15) is 0 Å². The standard InChI is InChI=1S/C9H16N2/c1-2-9(11-10)7-8-5-3-4-6-8/h1,8-9,11H,3-7,10H2. The van der Waals surface area contributed by atoms with Crippen LogP contribution < -0.4 is 11.3 Å². The molecule has 0 bridgehead atoms. The molecular formula is C9H16N2. The molecule has 1 rings (SSSR count). The highest BCUT2D eigenvalue weighted by Crippen LogP contribution is 2.28. The van der Waals surface area contributed by atoms with Gasteiger partial charge in [0, 0.05) is 0 Å². The lowest BCUT2D eigenvalue weighted by Gasteiger charge is -2.13. The first-order valence-corrected chi connectivity index (χ1v) is 4.29. The zero-order valence-corrected chi connectivity index (χ0v) is 6.84. The van der Waals surface area contributed by atoms with Crippen LogP contribution in [0.2, 0.25) is 0 Å². The van der Waals surface area contributed by atoms with Gasteiger partial charge in [-0.25, -0.2) is 5.43 Å². The lowest BCUT2D eigenvalue weighted by molar-refractivity contribution is 0.442. The Bertz CT molecular complexity index is 142. The molecule has 0 heterocycles. The number of hydrogen-bond acceptors (Lipinski definition) is 2. The fraction of sp³-hybridized carbons (Fsp3) is 0.778. The van der Waals surface area contributed by atoms with E-state index < -0.39 is 0 Å². The SMILES string of the molecule is C#CC(CC1CCCC1)NN. The molecule has 1 fully saturated rings. The molecule has 1 saturated carbocycles. The molecule has 0 saturated heterocycles. The van der Waals surface area contributed by atoms with Crippen LogP contribution in [0.15, 0.2) is 0 Å².